The summed E-state index contributed by atoms with van der Waals surface area (Å²) in [6.07, 6.45) is 0.317. The van der Waals surface area contributed by atoms with Crippen LogP contribution in [0.2, 0.25) is 0 Å². The highest BCUT2D eigenvalue weighted by atomic mass is 16.5. The fraction of sp³-hybridized carbons (Fsp3) is 0.562. The van der Waals surface area contributed by atoms with Crippen molar-refractivity contribution in [3.8, 4) is 11.5 Å². The van der Waals surface area contributed by atoms with Crippen LogP contribution >= 0.6 is 0 Å². The zero-order chi connectivity index (χ0) is 16.0. The molecular formula is C16H25NO4. The van der Waals surface area contributed by atoms with E-state index in [1.165, 1.54) is 6.92 Å². The van der Waals surface area contributed by atoms with E-state index in [1.807, 2.05) is 39.0 Å². The Balaban J connectivity index is 3.10. The fourth-order valence-electron chi connectivity index (χ4n) is 2.32. The van der Waals surface area contributed by atoms with E-state index in [2.05, 4.69) is 0 Å². The van der Waals surface area contributed by atoms with E-state index in [1.54, 1.807) is 0 Å². The highest BCUT2D eigenvalue weighted by Gasteiger charge is 2.31. The molecule has 2 atom stereocenters. The zero-order valence-corrected chi connectivity index (χ0v) is 13.2. The third-order valence-corrected chi connectivity index (χ3v) is 3.35. The summed E-state index contributed by atoms with van der Waals surface area (Å²) in [4.78, 5) is 11.2. The van der Waals surface area contributed by atoms with Crippen molar-refractivity contribution in [1.82, 2.24) is 0 Å². The third-order valence-electron chi connectivity index (χ3n) is 3.35. The Morgan fingerprint density at radius 3 is 2.48 bits per heavy atom. The van der Waals surface area contributed by atoms with Crippen molar-refractivity contribution in [2.75, 3.05) is 13.2 Å². The normalized spacial score (nSPS) is 15.1. The Labute approximate surface area is 126 Å². The number of nitrogens with two attached hydrogens (primary N) is 1. The van der Waals surface area contributed by atoms with Crippen molar-refractivity contribution in [3.63, 3.8) is 0 Å². The monoisotopic (exact) mass is 295 g/mol. The van der Waals surface area contributed by atoms with E-state index in [-0.39, 0.29) is 5.92 Å². The van der Waals surface area contributed by atoms with E-state index in [9.17, 15) is 4.79 Å². The molecule has 1 aromatic carbocycles. The van der Waals surface area contributed by atoms with E-state index in [0.717, 1.165) is 5.56 Å². The molecule has 0 aromatic heterocycles. The summed E-state index contributed by atoms with van der Waals surface area (Å²) in [6.45, 7) is 8.35. The van der Waals surface area contributed by atoms with Crippen LogP contribution in [0.25, 0.3) is 0 Å². The lowest BCUT2D eigenvalue weighted by atomic mass is 9.86. The average molecular weight is 295 g/mol. The second-order valence-corrected chi connectivity index (χ2v) is 5.37. The number of rotatable bonds is 8. The summed E-state index contributed by atoms with van der Waals surface area (Å²) >= 11 is 0. The molecule has 0 amide bonds. The number of aliphatic carboxylic acids is 1. The molecule has 1 aromatic rings. The number of carboxylic acids is 1. The van der Waals surface area contributed by atoms with Crippen LogP contribution in [0, 0.1) is 0 Å². The van der Waals surface area contributed by atoms with Gasteiger partial charge in [0, 0.05) is 5.56 Å². The van der Waals surface area contributed by atoms with Gasteiger partial charge in [-0.25, -0.2) is 0 Å². The van der Waals surface area contributed by atoms with E-state index in [0.29, 0.717) is 31.1 Å². The predicted octanol–water partition coefficient (Wildman–Crippen LogP) is 2.78. The van der Waals surface area contributed by atoms with Crippen LogP contribution in [0.5, 0.6) is 11.5 Å². The lowest BCUT2D eigenvalue weighted by molar-refractivity contribution is -0.143. The van der Waals surface area contributed by atoms with Gasteiger partial charge in [0.25, 0.3) is 0 Å². The predicted molar refractivity (Wildman–Crippen MR) is 82.0 cm³/mol. The summed E-state index contributed by atoms with van der Waals surface area (Å²) in [5.74, 6) is 0.291. The van der Waals surface area contributed by atoms with Gasteiger partial charge in [0.2, 0.25) is 0 Å². The van der Waals surface area contributed by atoms with Crippen molar-refractivity contribution in [1.29, 1.82) is 0 Å². The van der Waals surface area contributed by atoms with Gasteiger partial charge >= 0.3 is 5.97 Å². The third kappa shape index (κ3) is 4.36. The lowest BCUT2D eigenvalue weighted by Gasteiger charge is -2.25. The van der Waals surface area contributed by atoms with Crippen LogP contribution in [0.1, 0.15) is 45.6 Å². The molecule has 0 radical (unpaired) electrons. The minimum atomic E-state index is -1.27. The van der Waals surface area contributed by atoms with Crippen LogP contribution in [-0.4, -0.2) is 29.8 Å². The summed E-state index contributed by atoms with van der Waals surface area (Å²) < 4.78 is 11.3. The van der Waals surface area contributed by atoms with Crippen LogP contribution in [0.3, 0.4) is 0 Å². The highest BCUT2D eigenvalue weighted by Crippen LogP contribution is 2.38. The summed E-state index contributed by atoms with van der Waals surface area (Å²) in [5, 5.41) is 9.17. The van der Waals surface area contributed by atoms with Crippen molar-refractivity contribution in [3.05, 3.63) is 23.8 Å². The first-order valence-electron chi connectivity index (χ1n) is 7.24. The molecule has 0 bridgehead atoms. The van der Waals surface area contributed by atoms with Crippen LogP contribution in [0.4, 0.5) is 0 Å². The van der Waals surface area contributed by atoms with E-state index >= 15 is 0 Å². The number of carbonyl (C=O) groups is 1. The van der Waals surface area contributed by atoms with Gasteiger partial charge in [0.1, 0.15) is 5.54 Å². The summed E-state index contributed by atoms with van der Waals surface area (Å²) in [5.41, 5.74) is 5.49. The number of carboxylic acid groups (broad SMARTS) is 1. The van der Waals surface area contributed by atoms with Gasteiger partial charge in [0.15, 0.2) is 11.5 Å². The van der Waals surface area contributed by atoms with Crippen LogP contribution in [-0.2, 0) is 4.79 Å². The van der Waals surface area contributed by atoms with Gasteiger partial charge < -0.3 is 20.3 Å². The first kappa shape index (κ1) is 17.3. The van der Waals surface area contributed by atoms with Crippen LogP contribution in [0.15, 0.2) is 18.2 Å². The fourth-order valence-corrected chi connectivity index (χ4v) is 2.32. The average Bonchev–Trinajstić information content (AvgIpc) is 2.40. The molecule has 0 heterocycles. The van der Waals surface area contributed by atoms with Gasteiger partial charge in [-0.1, -0.05) is 19.1 Å². The number of hydrogen-bond acceptors (Lipinski definition) is 4. The Bertz CT molecular complexity index is 485. The smallest absolute Gasteiger partial charge is 0.323 e. The second kappa shape index (κ2) is 7.31. The molecule has 21 heavy (non-hydrogen) atoms. The van der Waals surface area contributed by atoms with Crippen molar-refractivity contribution in [2.45, 2.75) is 45.6 Å². The minimum Gasteiger partial charge on any atom is -0.490 e. The lowest BCUT2D eigenvalue weighted by Crippen LogP contribution is -2.45. The Kier molecular flexibility index (Phi) is 6.03. The maximum Gasteiger partial charge on any atom is 0.323 e. The Morgan fingerprint density at radius 2 is 1.95 bits per heavy atom. The molecular weight excluding hydrogens is 270 g/mol. The largest absolute Gasteiger partial charge is 0.490 e. The molecule has 0 spiro atoms. The number of benzene rings is 1. The van der Waals surface area contributed by atoms with Gasteiger partial charge in [-0.05, 0) is 39.2 Å². The topological polar surface area (TPSA) is 81.8 Å². The van der Waals surface area contributed by atoms with Crippen LogP contribution < -0.4 is 15.2 Å². The maximum absolute atomic E-state index is 11.2. The highest BCUT2D eigenvalue weighted by molar-refractivity contribution is 5.78. The maximum atomic E-state index is 11.2. The number of ether oxygens (including phenoxy) is 2. The van der Waals surface area contributed by atoms with Gasteiger partial charge in [0.05, 0.1) is 13.2 Å². The van der Waals surface area contributed by atoms with Gasteiger partial charge in [-0.3, -0.25) is 4.79 Å². The summed E-state index contributed by atoms with van der Waals surface area (Å²) in [6, 6.07) is 5.66. The molecule has 0 saturated carbocycles. The standard InChI is InChI=1S/C16H25NO4/c1-5-20-13-9-7-8-12(14(13)21-6-2)11(3)10-16(4,17)15(18)19/h7-9,11H,5-6,10,17H2,1-4H3,(H,18,19). The van der Waals surface area contributed by atoms with Crippen molar-refractivity contribution >= 4 is 5.97 Å². The van der Waals surface area contributed by atoms with Gasteiger partial charge in [-0.2, -0.15) is 0 Å². The summed E-state index contributed by atoms with van der Waals surface area (Å²) in [7, 11) is 0. The van der Waals surface area contributed by atoms with Crippen molar-refractivity contribution < 1.29 is 19.4 Å². The van der Waals surface area contributed by atoms with E-state index in [4.69, 9.17) is 20.3 Å². The van der Waals surface area contributed by atoms with E-state index < -0.39 is 11.5 Å². The molecule has 3 N–H and O–H groups in total. The second-order valence-electron chi connectivity index (χ2n) is 5.37. The molecule has 5 nitrogen and oxygen atoms in total. The first-order chi connectivity index (χ1) is 9.83. The molecule has 0 fully saturated rings. The Morgan fingerprint density at radius 1 is 1.33 bits per heavy atom. The number of hydrogen-bond donors (Lipinski definition) is 2. The number of para-hydroxylation sites is 1. The molecule has 5 heteroatoms. The zero-order valence-electron chi connectivity index (χ0n) is 13.2. The minimum absolute atomic E-state index is 0.0574. The molecule has 2 unspecified atom stereocenters. The molecule has 0 aliphatic heterocycles. The quantitative estimate of drug-likeness (QED) is 0.770. The van der Waals surface area contributed by atoms with Gasteiger partial charge in [-0.15, -0.1) is 0 Å². The molecule has 0 aliphatic rings. The molecule has 1 rings (SSSR count). The molecule has 118 valence electrons. The van der Waals surface area contributed by atoms with Crippen molar-refractivity contribution in [2.24, 2.45) is 5.73 Å². The first-order valence-corrected chi connectivity index (χ1v) is 7.24. The SMILES string of the molecule is CCOc1cccc(C(C)CC(C)(N)C(=O)O)c1OCC. The molecule has 0 aliphatic carbocycles. The molecule has 0 saturated heterocycles. The Hall–Kier alpha value is -1.75.